The molecule has 1 saturated heterocycles. The highest BCUT2D eigenvalue weighted by molar-refractivity contribution is 6.67. The van der Waals surface area contributed by atoms with Gasteiger partial charge in [0.25, 0.3) is 0 Å². The quantitative estimate of drug-likeness (QED) is 0.689. The Hall–Kier alpha value is -1.03. The van der Waals surface area contributed by atoms with Gasteiger partial charge in [-0.25, -0.2) is 4.79 Å². The van der Waals surface area contributed by atoms with Crippen molar-refractivity contribution in [3.8, 4) is 0 Å². The minimum Gasteiger partial charge on any atom is -0.444 e. The molecular formula is C13H18ClNO3. The largest absolute Gasteiger partial charge is 0.444 e. The summed E-state index contributed by atoms with van der Waals surface area (Å²) in [5.41, 5.74) is 0.0132. The third-order valence-corrected chi connectivity index (χ3v) is 3.52. The Labute approximate surface area is 112 Å². The van der Waals surface area contributed by atoms with Gasteiger partial charge in [0.15, 0.2) is 0 Å². The maximum Gasteiger partial charge on any atom is 0.411 e. The molecule has 4 nitrogen and oxygen atoms in total. The first-order chi connectivity index (χ1) is 8.29. The predicted octanol–water partition coefficient (Wildman–Crippen LogP) is 2.85. The van der Waals surface area contributed by atoms with Crippen molar-refractivity contribution >= 4 is 22.9 Å². The molecule has 18 heavy (non-hydrogen) atoms. The van der Waals surface area contributed by atoms with Gasteiger partial charge in [-0.1, -0.05) is 6.08 Å². The molecule has 2 bridgehead atoms. The van der Waals surface area contributed by atoms with Crippen molar-refractivity contribution in [3.63, 3.8) is 0 Å². The highest BCUT2D eigenvalue weighted by Crippen LogP contribution is 2.37. The zero-order valence-corrected chi connectivity index (χ0v) is 11.7. The zero-order chi connectivity index (χ0) is 13.5. The second-order valence-corrected chi connectivity index (χ2v) is 6.15. The molecule has 0 N–H and O–H groups in total. The number of rotatable bonds is 1. The normalized spacial score (nSPS) is 26.9. The molecule has 0 aromatic rings. The lowest BCUT2D eigenvalue weighted by Gasteiger charge is -2.35. The Morgan fingerprint density at radius 1 is 1.39 bits per heavy atom. The molecule has 5 heteroatoms. The molecule has 0 unspecified atom stereocenters. The molecule has 2 rings (SSSR count). The van der Waals surface area contributed by atoms with Crippen LogP contribution >= 0.6 is 11.6 Å². The zero-order valence-electron chi connectivity index (χ0n) is 10.9. The number of fused-ring (bicyclic) bond motifs is 2. The molecule has 1 fully saturated rings. The number of nitrogens with zero attached hydrogens (tertiary/aromatic N) is 1. The first-order valence-corrected chi connectivity index (χ1v) is 6.58. The molecule has 0 aromatic carbocycles. The number of hydrogen-bond donors (Lipinski definition) is 0. The Morgan fingerprint density at radius 3 is 2.61 bits per heavy atom. The summed E-state index contributed by atoms with van der Waals surface area (Å²) in [6, 6.07) is -0.0618. The van der Waals surface area contributed by atoms with E-state index in [0.717, 1.165) is 12.8 Å². The fourth-order valence-corrected chi connectivity index (χ4v) is 2.82. The molecular weight excluding hydrogens is 254 g/mol. The third kappa shape index (κ3) is 2.53. The molecule has 0 spiro atoms. The number of hydrogen-bond acceptors (Lipinski definition) is 3. The van der Waals surface area contributed by atoms with Crippen LogP contribution in [0.1, 0.15) is 40.0 Å². The van der Waals surface area contributed by atoms with Gasteiger partial charge in [0, 0.05) is 11.6 Å². The lowest BCUT2D eigenvalue weighted by Crippen LogP contribution is -2.47. The van der Waals surface area contributed by atoms with Crippen LogP contribution in [0, 0.1) is 0 Å². The van der Waals surface area contributed by atoms with E-state index in [2.05, 4.69) is 0 Å². The highest BCUT2D eigenvalue weighted by atomic mass is 35.5. The molecule has 0 aromatic heterocycles. The molecule has 2 heterocycles. The highest BCUT2D eigenvalue weighted by Gasteiger charge is 2.44. The summed E-state index contributed by atoms with van der Waals surface area (Å²) in [4.78, 5) is 25.2. The Kier molecular flexibility index (Phi) is 3.41. The summed E-state index contributed by atoms with van der Waals surface area (Å²) < 4.78 is 5.39. The summed E-state index contributed by atoms with van der Waals surface area (Å²) >= 11 is 5.57. The van der Waals surface area contributed by atoms with Crippen LogP contribution in [0.5, 0.6) is 0 Å². The lowest BCUT2D eigenvalue weighted by atomic mass is 10.0. The Bertz CT molecular complexity index is 411. The first-order valence-electron chi connectivity index (χ1n) is 6.21. The smallest absolute Gasteiger partial charge is 0.411 e. The van der Waals surface area contributed by atoms with Crippen molar-refractivity contribution in [1.29, 1.82) is 0 Å². The second-order valence-electron chi connectivity index (χ2n) is 5.80. The van der Waals surface area contributed by atoms with Crippen LogP contribution in [0.2, 0.25) is 0 Å². The van der Waals surface area contributed by atoms with Gasteiger partial charge in [0.2, 0.25) is 5.24 Å². The van der Waals surface area contributed by atoms with Gasteiger partial charge in [0.1, 0.15) is 5.60 Å². The second kappa shape index (κ2) is 4.57. The summed E-state index contributed by atoms with van der Waals surface area (Å²) in [6.07, 6.45) is 3.88. The fourth-order valence-electron chi connectivity index (χ4n) is 2.62. The molecule has 100 valence electrons. The van der Waals surface area contributed by atoms with E-state index in [0.29, 0.717) is 12.0 Å². The summed E-state index contributed by atoms with van der Waals surface area (Å²) in [5, 5.41) is -0.464. The van der Waals surface area contributed by atoms with Crippen LogP contribution in [0.15, 0.2) is 11.6 Å². The van der Waals surface area contributed by atoms with Crippen LogP contribution in [0.4, 0.5) is 4.79 Å². The molecule has 2 aliphatic rings. The van der Waals surface area contributed by atoms with E-state index >= 15 is 0 Å². The van der Waals surface area contributed by atoms with E-state index in [1.807, 2.05) is 26.8 Å². The van der Waals surface area contributed by atoms with Gasteiger partial charge < -0.3 is 4.74 Å². The summed E-state index contributed by atoms with van der Waals surface area (Å²) in [7, 11) is 0. The van der Waals surface area contributed by atoms with E-state index < -0.39 is 10.8 Å². The van der Waals surface area contributed by atoms with E-state index in [1.54, 1.807) is 4.90 Å². The maximum absolute atomic E-state index is 12.2. The number of carbonyl (C=O) groups excluding carboxylic acids is 2. The van der Waals surface area contributed by atoms with Gasteiger partial charge in [-0.15, -0.1) is 0 Å². The van der Waals surface area contributed by atoms with E-state index in [-0.39, 0.29) is 18.2 Å². The molecule has 0 saturated carbocycles. The van der Waals surface area contributed by atoms with Crippen molar-refractivity contribution in [2.45, 2.75) is 57.7 Å². The molecule has 1 amide bonds. The SMILES string of the molecule is CC(C)(C)OC(=O)N1[C@@H]2CC=C(C(=O)Cl)[C@H]1CC2. The van der Waals surface area contributed by atoms with Crippen molar-refractivity contribution in [2.24, 2.45) is 0 Å². The Morgan fingerprint density at radius 2 is 2.06 bits per heavy atom. The van der Waals surface area contributed by atoms with Gasteiger partial charge in [0.05, 0.1) is 6.04 Å². The lowest BCUT2D eigenvalue weighted by molar-refractivity contribution is -0.109. The van der Waals surface area contributed by atoms with Gasteiger partial charge >= 0.3 is 6.09 Å². The van der Waals surface area contributed by atoms with Crippen LogP contribution < -0.4 is 0 Å². The van der Waals surface area contributed by atoms with E-state index in [9.17, 15) is 9.59 Å². The van der Waals surface area contributed by atoms with Crippen molar-refractivity contribution < 1.29 is 14.3 Å². The monoisotopic (exact) mass is 271 g/mol. The number of amides is 1. The van der Waals surface area contributed by atoms with E-state index in [1.165, 1.54) is 0 Å². The molecule has 2 aliphatic heterocycles. The minimum atomic E-state index is -0.525. The van der Waals surface area contributed by atoms with Crippen LogP contribution in [0.3, 0.4) is 0 Å². The third-order valence-electron chi connectivity index (χ3n) is 3.30. The van der Waals surface area contributed by atoms with Crippen molar-refractivity contribution in [3.05, 3.63) is 11.6 Å². The topological polar surface area (TPSA) is 46.6 Å². The fraction of sp³-hybridized carbons (Fsp3) is 0.692. The first kappa shape index (κ1) is 13.4. The van der Waals surface area contributed by atoms with Crippen molar-refractivity contribution in [2.75, 3.05) is 0 Å². The minimum absolute atomic E-state index is 0.143. The van der Waals surface area contributed by atoms with Crippen molar-refractivity contribution in [1.82, 2.24) is 4.90 Å². The number of ether oxygens (including phenoxy) is 1. The molecule has 0 radical (unpaired) electrons. The van der Waals surface area contributed by atoms with Crippen LogP contribution in [-0.2, 0) is 9.53 Å². The maximum atomic E-state index is 12.2. The summed E-state index contributed by atoms with van der Waals surface area (Å²) in [5.74, 6) is 0. The Balaban J connectivity index is 2.18. The average Bonchev–Trinajstić information content (AvgIpc) is 2.49. The van der Waals surface area contributed by atoms with E-state index in [4.69, 9.17) is 16.3 Å². The van der Waals surface area contributed by atoms with Crippen LogP contribution in [0.25, 0.3) is 0 Å². The van der Waals surface area contributed by atoms with Gasteiger partial charge in [-0.3, -0.25) is 9.69 Å². The summed E-state index contributed by atoms with van der Waals surface area (Å²) in [6.45, 7) is 5.50. The molecule has 2 atom stereocenters. The number of halogens is 1. The van der Waals surface area contributed by atoms with Crippen LogP contribution in [-0.4, -0.2) is 33.9 Å². The average molecular weight is 272 g/mol. The standard InChI is InChI=1S/C13H18ClNO3/c1-13(2,3)18-12(17)15-8-4-6-9(11(14)16)10(15)7-5-8/h6,8,10H,4-5,7H2,1-3H3/t8-,10-/m1/s1. The molecule has 0 aliphatic carbocycles. The van der Waals surface area contributed by atoms with Gasteiger partial charge in [-0.2, -0.15) is 0 Å². The predicted molar refractivity (Wildman–Crippen MR) is 68.4 cm³/mol. The van der Waals surface area contributed by atoms with Gasteiger partial charge in [-0.05, 0) is 51.6 Å². The number of carbonyl (C=O) groups is 2.